The fourth-order valence-electron chi connectivity index (χ4n) is 1.71. The lowest BCUT2D eigenvalue weighted by Crippen LogP contribution is -2.01. The smallest absolute Gasteiger partial charge is 0.0423 e. The molecule has 0 radical (unpaired) electrons. The van der Waals surface area contributed by atoms with Gasteiger partial charge in [0.15, 0.2) is 0 Å². The van der Waals surface area contributed by atoms with E-state index >= 15 is 0 Å². The molecular weight excluding hydrogens is 205 g/mol. The van der Waals surface area contributed by atoms with Gasteiger partial charge in [-0.3, -0.25) is 0 Å². The SMILES string of the molecule is NC[C@H]1C[C@H]1c1cc(Cl)cc(Cl)c1. The minimum atomic E-state index is 0.584. The maximum atomic E-state index is 5.90. The predicted molar refractivity (Wildman–Crippen MR) is 56.4 cm³/mol. The molecule has 0 spiro atoms. The number of hydrogen-bond acceptors (Lipinski definition) is 1. The zero-order valence-electron chi connectivity index (χ0n) is 7.13. The Hall–Kier alpha value is -0.240. The van der Waals surface area contributed by atoms with E-state index in [1.807, 2.05) is 12.1 Å². The largest absolute Gasteiger partial charge is 0.330 e. The van der Waals surface area contributed by atoms with Crippen LogP contribution >= 0.6 is 23.2 Å². The molecule has 1 aromatic carbocycles. The van der Waals surface area contributed by atoms with Crippen LogP contribution < -0.4 is 5.73 Å². The first-order chi connectivity index (χ1) is 6.20. The van der Waals surface area contributed by atoms with Gasteiger partial charge in [0.1, 0.15) is 0 Å². The fourth-order valence-corrected chi connectivity index (χ4v) is 2.25. The molecular formula is C10H11Cl2N. The molecule has 0 saturated heterocycles. The van der Waals surface area contributed by atoms with Gasteiger partial charge in [0.25, 0.3) is 0 Å². The Balaban J connectivity index is 2.22. The van der Waals surface area contributed by atoms with Crippen LogP contribution in [0, 0.1) is 5.92 Å². The maximum absolute atomic E-state index is 5.90. The molecule has 2 N–H and O–H groups in total. The summed E-state index contributed by atoms with van der Waals surface area (Å²) in [6, 6.07) is 5.72. The molecule has 2 atom stereocenters. The highest BCUT2D eigenvalue weighted by atomic mass is 35.5. The van der Waals surface area contributed by atoms with Gasteiger partial charge in [0, 0.05) is 10.0 Å². The van der Waals surface area contributed by atoms with E-state index in [1.165, 1.54) is 12.0 Å². The van der Waals surface area contributed by atoms with Crippen LogP contribution in [-0.4, -0.2) is 6.54 Å². The zero-order valence-corrected chi connectivity index (χ0v) is 8.65. The van der Waals surface area contributed by atoms with Crippen molar-refractivity contribution in [3.05, 3.63) is 33.8 Å². The number of nitrogens with two attached hydrogens (primary N) is 1. The molecule has 0 aliphatic heterocycles. The molecule has 0 amide bonds. The highest BCUT2D eigenvalue weighted by Gasteiger charge is 2.37. The third-order valence-electron chi connectivity index (χ3n) is 2.54. The van der Waals surface area contributed by atoms with E-state index in [1.54, 1.807) is 6.07 Å². The highest BCUT2D eigenvalue weighted by Crippen LogP contribution is 2.47. The summed E-state index contributed by atoms with van der Waals surface area (Å²) in [6.45, 7) is 0.759. The lowest BCUT2D eigenvalue weighted by molar-refractivity contribution is 0.810. The average Bonchev–Trinajstić information content (AvgIpc) is 2.80. The Bertz CT molecular complexity index is 304. The van der Waals surface area contributed by atoms with E-state index in [9.17, 15) is 0 Å². The quantitative estimate of drug-likeness (QED) is 0.807. The first-order valence-corrected chi connectivity index (χ1v) is 5.12. The molecule has 1 fully saturated rings. The lowest BCUT2D eigenvalue weighted by atomic mass is 10.1. The monoisotopic (exact) mass is 215 g/mol. The minimum absolute atomic E-state index is 0.584. The van der Waals surface area contributed by atoms with Gasteiger partial charge in [0.05, 0.1) is 0 Å². The topological polar surface area (TPSA) is 26.0 Å². The van der Waals surface area contributed by atoms with Gasteiger partial charge in [-0.1, -0.05) is 23.2 Å². The van der Waals surface area contributed by atoms with Gasteiger partial charge in [-0.2, -0.15) is 0 Å². The Morgan fingerprint density at radius 3 is 2.31 bits per heavy atom. The molecule has 70 valence electrons. The van der Waals surface area contributed by atoms with Crippen molar-refractivity contribution in [3.63, 3.8) is 0 Å². The minimum Gasteiger partial charge on any atom is -0.330 e. The van der Waals surface area contributed by atoms with E-state index in [4.69, 9.17) is 28.9 Å². The summed E-state index contributed by atoms with van der Waals surface area (Å²) in [5, 5.41) is 1.43. The normalized spacial score (nSPS) is 26.1. The number of halogens is 2. The summed E-state index contributed by atoms with van der Waals surface area (Å²) in [4.78, 5) is 0. The molecule has 13 heavy (non-hydrogen) atoms. The Labute approximate surface area is 87.8 Å². The summed E-state index contributed by atoms with van der Waals surface area (Å²) in [5.41, 5.74) is 6.80. The number of benzene rings is 1. The summed E-state index contributed by atoms with van der Waals surface area (Å²) >= 11 is 11.8. The van der Waals surface area contributed by atoms with Crippen molar-refractivity contribution in [2.45, 2.75) is 12.3 Å². The van der Waals surface area contributed by atoms with Crippen LogP contribution in [0.25, 0.3) is 0 Å². The van der Waals surface area contributed by atoms with Gasteiger partial charge >= 0.3 is 0 Å². The number of hydrogen-bond donors (Lipinski definition) is 1. The second-order valence-corrected chi connectivity index (χ2v) is 4.41. The van der Waals surface area contributed by atoms with Crippen LogP contribution in [-0.2, 0) is 0 Å². The molecule has 1 nitrogen and oxygen atoms in total. The molecule has 3 heteroatoms. The van der Waals surface area contributed by atoms with E-state index in [0.29, 0.717) is 21.9 Å². The van der Waals surface area contributed by atoms with Crippen molar-refractivity contribution in [1.29, 1.82) is 0 Å². The molecule has 1 aliphatic carbocycles. The Morgan fingerprint density at radius 1 is 1.23 bits per heavy atom. The lowest BCUT2D eigenvalue weighted by Gasteiger charge is -2.01. The zero-order chi connectivity index (χ0) is 9.42. The van der Waals surface area contributed by atoms with Crippen molar-refractivity contribution in [3.8, 4) is 0 Å². The van der Waals surface area contributed by atoms with Crippen LogP contribution in [0.4, 0.5) is 0 Å². The van der Waals surface area contributed by atoms with Gasteiger partial charge in [-0.05, 0) is 48.6 Å². The van der Waals surface area contributed by atoms with Crippen molar-refractivity contribution in [2.24, 2.45) is 11.7 Å². The van der Waals surface area contributed by atoms with Crippen molar-refractivity contribution >= 4 is 23.2 Å². The molecule has 0 unspecified atom stereocenters. The second kappa shape index (κ2) is 3.49. The van der Waals surface area contributed by atoms with Crippen molar-refractivity contribution in [1.82, 2.24) is 0 Å². The molecule has 1 aliphatic rings. The summed E-state index contributed by atoms with van der Waals surface area (Å²) in [7, 11) is 0. The second-order valence-electron chi connectivity index (χ2n) is 3.54. The average molecular weight is 216 g/mol. The van der Waals surface area contributed by atoms with E-state index in [2.05, 4.69) is 0 Å². The van der Waals surface area contributed by atoms with E-state index < -0.39 is 0 Å². The third-order valence-corrected chi connectivity index (χ3v) is 2.97. The van der Waals surface area contributed by atoms with Crippen molar-refractivity contribution in [2.75, 3.05) is 6.54 Å². The predicted octanol–water partition coefficient (Wildman–Crippen LogP) is 3.06. The van der Waals surface area contributed by atoms with Crippen LogP contribution in [0.15, 0.2) is 18.2 Å². The van der Waals surface area contributed by atoms with E-state index in [-0.39, 0.29) is 0 Å². The first kappa shape index (κ1) is 9.32. The van der Waals surface area contributed by atoms with Gasteiger partial charge < -0.3 is 5.73 Å². The molecule has 0 bridgehead atoms. The third kappa shape index (κ3) is 1.98. The summed E-state index contributed by atoms with van der Waals surface area (Å²) in [5.74, 6) is 1.22. The van der Waals surface area contributed by atoms with Crippen LogP contribution in [0.5, 0.6) is 0 Å². The molecule has 0 heterocycles. The van der Waals surface area contributed by atoms with Crippen LogP contribution in [0.2, 0.25) is 10.0 Å². The molecule has 1 aromatic rings. The summed E-state index contributed by atoms with van der Waals surface area (Å²) in [6.07, 6.45) is 1.17. The van der Waals surface area contributed by atoms with Gasteiger partial charge in [0.2, 0.25) is 0 Å². The number of rotatable bonds is 2. The van der Waals surface area contributed by atoms with Gasteiger partial charge in [-0.25, -0.2) is 0 Å². The molecule has 0 aromatic heterocycles. The Kier molecular flexibility index (Phi) is 2.50. The molecule has 1 saturated carbocycles. The summed E-state index contributed by atoms with van der Waals surface area (Å²) < 4.78 is 0. The van der Waals surface area contributed by atoms with Crippen LogP contribution in [0.1, 0.15) is 17.9 Å². The molecule has 2 rings (SSSR count). The van der Waals surface area contributed by atoms with Gasteiger partial charge in [-0.15, -0.1) is 0 Å². The highest BCUT2D eigenvalue weighted by molar-refractivity contribution is 6.34. The standard InChI is InChI=1S/C10H11Cl2N/c11-8-1-6(2-9(12)4-8)10-3-7(10)5-13/h1-2,4,7,10H,3,5,13H2/t7-,10+/m1/s1. The Morgan fingerprint density at radius 2 is 1.85 bits per heavy atom. The fraction of sp³-hybridized carbons (Fsp3) is 0.400. The van der Waals surface area contributed by atoms with Crippen LogP contribution in [0.3, 0.4) is 0 Å². The first-order valence-electron chi connectivity index (χ1n) is 4.37. The van der Waals surface area contributed by atoms with E-state index in [0.717, 1.165) is 6.54 Å². The van der Waals surface area contributed by atoms with Crippen molar-refractivity contribution < 1.29 is 0 Å². The maximum Gasteiger partial charge on any atom is 0.0423 e.